The molecule has 4 heterocycles. The fourth-order valence-electron chi connectivity index (χ4n) is 3.88. The summed E-state index contributed by atoms with van der Waals surface area (Å²) in [5, 5.41) is 18.3. The van der Waals surface area contributed by atoms with Crippen molar-refractivity contribution in [3.8, 4) is 0 Å². The molecule has 5 rings (SSSR count). The van der Waals surface area contributed by atoms with Crippen molar-refractivity contribution >= 4 is 34.2 Å². The third-order valence-electron chi connectivity index (χ3n) is 5.45. The zero-order valence-electron chi connectivity index (χ0n) is 16.3. The third-order valence-corrected chi connectivity index (χ3v) is 5.45. The predicted molar refractivity (Wildman–Crippen MR) is 114 cm³/mol. The number of rotatable bonds is 5. The van der Waals surface area contributed by atoms with Crippen molar-refractivity contribution in [2.45, 2.75) is 18.9 Å². The maximum atomic E-state index is 5.43. The van der Waals surface area contributed by atoms with E-state index in [0.29, 0.717) is 12.0 Å². The van der Waals surface area contributed by atoms with Crippen LogP contribution >= 0.6 is 0 Å². The molecule has 3 aromatic rings. The van der Waals surface area contributed by atoms with Crippen LogP contribution in [0.1, 0.15) is 12.8 Å². The number of nitrogens with zero attached hydrogens (tertiary/aromatic N) is 4. The minimum absolute atomic E-state index is 0.359. The van der Waals surface area contributed by atoms with Crippen molar-refractivity contribution in [1.82, 2.24) is 25.5 Å². The van der Waals surface area contributed by atoms with Crippen molar-refractivity contribution < 1.29 is 4.74 Å². The topological polar surface area (TPSA) is 103 Å². The maximum Gasteiger partial charge on any atom is 0.231 e. The lowest BCUT2D eigenvalue weighted by atomic mass is 10.1. The van der Waals surface area contributed by atoms with Crippen LogP contribution in [0.5, 0.6) is 0 Å². The van der Waals surface area contributed by atoms with Crippen LogP contribution in [0.15, 0.2) is 30.5 Å². The number of aromatic amines is 1. The summed E-state index contributed by atoms with van der Waals surface area (Å²) in [6.07, 6.45) is 4.06. The lowest BCUT2D eigenvalue weighted by Crippen LogP contribution is -2.38. The molecule has 2 saturated heterocycles. The molecular formula is C20H26N8O. The Bertz CT molecular complexity index is 945. The van der Waals surface area contributed by atoms with Gasteiger partial charge in [0, 0.05) is 37.1 Å². The highest BCUT2D eigenvalue weighted by atomic mass is 16.5. The largest absolute Gasteiger partial charge is 0.378 e. The second-order valence-electron chi connectivity index (χ2n) is 7.49. The van der Waals surface area contributed by atoms with E-state index in [4.69, 9.17) is 9.72 Å². The van der Waals surface area contributed by atoms with Gasteiger partial charge in [0.05, 0.1) is 24.8 Å². The number of anilines is 4. The number of nitrogens with one attached hydrogen (secondary N) is 4. The van der Waals surface area contributed by atoms with Gasteiger partial charge in [-0.25, -0.2) is 0 Å². The molecule has 0 aliphatic carbocycles. The van der Waals surface area contributed by atoms with Gasteiger partial charge in [0.2, 0.25) is 5.95 Å². The molecule has 4 N–H and O–H groups in total. The second kappa shape index (κ2) is 8.22. The van der Waals surface area contributed by atoms with Crippen molar-refractivity contribution in [2.24, 2.45) is 0 Å². The number of hydrogen-bond acceptors (Lipinski definition) is 8. The van der Waals surface area contributed by atoms with E-state index in [0.717, 1.165) is 74.8 Å². The molecule has 1 atom stereocenters. The van der Waals surface area contributed by atoms with E-state index in [2.05, 4.69) is 60.3 Å². The van der Waals surface area contributed by atoms with Gasteiger partial charge in [-0.3, -0.25) is 5.10 Å². The van der Waals surface area contributed by atoms with E-state index in [-0.39, 0.29) is 0 Å². The van der Waals surface area contributed by atoms with Crippen LogP contribution in [0, 0.1) is 0 Å². The molecule has 2 aromatic heterocycles. The standard InChI is InChI=1S/C20H26N8O/c1-2-15(12-21-7-1)23-18-17-13-22-27-19(17)26-20(25-18)24-14-3-5-16(6-4-14)28-8-10-29-11-9-28/h3-6,13,15,21H,1-2,7-12H2,(H3,22,23,24,25,26,27). The van der Waals surface area contributed by atoms with Crippen LogP contribution in [0.2, 0.25) is 0 Å². The van der Waals surface area contributed by atoms with Gasteiger partial charge < -0.3 is 25.6 Å². The van der Waals surface area contributed by atoms with E-state index in [1.807, 2.05) is 0 Å². The molecule has 1 unspecified atom stereocenters. The van der Waals surface area contributed by atoms with E-state index in [9.17, 15) is 0 Å². The fourth-order valence-corrected chi connectivity index (χ4v) is 3.88. The zero-order chi connectivity index (χ0) is 19.5. The van der Waals surface area contributed by atoms with Gasteiger partial charge in [-0.2, -0.15) is 15.1 Å². The lowest BCUT2D eigenvalue weighted by molar-refractivity contribution is 0.122. The van der Waals surface area contributed by atoms with E-state index < -0.39 is 0 Å². The fraction of sp³-hybridized carbons (Fsp3) is 0.450. The summed E-state index contributed by atoms with van der Waals surface area (Å²) in [7, 11) is 0. The summed E-state index contributed by atoms with van der Waals surface area (Å²) in [5.74, 6) is 1.36. The Morgan fingerprint density at radius 1 is 1.10 bits per heavy atom. The molecule has 152 valence electrons. The summed E-state index contributed by atoms with van der Waals surface area (Å²) in [6.45, 7) is 5.44. The van der Waals surface area contributed by atoms with Gasteiger partial charge in [0.1, 0.15) is 5.82 Å². The highest BCUT2D eigenvalue weighted by molar-refractivity contribution is 5.87. The van der Waals surface area contributed by atoms with Crippen LogP contribution in [-0.2, 0) is 4.74 Å². The summed E-state index contributed by atoms with van der Waals surface area (Å²) < 4.78 is 5.43. The van der Waals surface area contributed by atoms with Gasteiger partial charge in [-0.05, 0) is 43.7 Å². The smallest absolute Gasteiger partial charge is 0.231 e. The number of morpholine rings is 1. The first-order valence-electron chi connectivity index (χ1n) is 10.2. The van der Waals surface area contributed by atoms with E-state index in [1.54, 1.807) is 6.20 Å². The Morgan fingerprint density at radius 3 is 2.76 bits per heavy atom. The number of H-pyrrole nitrogens is 1. The minimum Gasteiger partial charge on any atom is -0.378 e. The minimum atomic E-state index is 0.359. The molecule has 0 amide bonds. The van der Waals surface area contributed by atoms with Crippen molar-refractivity contribution in [3.05, 3.63) is 30.5 Å². The van der Waals surface area contributed by atoms with Crippen LogP contribution in [0.4, 0.5) is 23.1 Å². The van der Waals surface area contributed by atoms with Gasteiger partial charge in [0.25, 0.3) is 0 Å². The first-order valence-corrected chi connectivity index (χ1v) is 10.2. The molecular weight excluding hydrogens is 368 g/mol. The third kappa shape index (κ3) is 4.10. The molecule has 2 aliphatic rings. The number of piperidine rings is 1. The van der Waals surface area contributed by atoms with Gasteiger partial charge in [-0.1, -0.05) is 0 Å². The van der Waals surface area contributed by atoms with Gasteiger partial charge in [-0.15, -0.1) is 0 Å². The summed E-state index contributed by atoms with van der Waals surface area (Å²) >= 11 is 0. The van der Waals surface area contributed by atoms with Crippen LogP contribution in [0.25, 0.3) is 11.0 Å². The molecule has 0 saturated carbocycles. The highest BCUT2D eigenvalue weighted by Crippen LogP contribution is 2.25. The van der Waals surface area contributed by atoms with Crippen molar-refractivity contribution in [2.75, 3.05) is 54.9 Å². The van der Waals surface area contributed by atoms with Crippen LogP contribution < -0.4 is 20.9 Å². The Hall–Kier alpha value is -2.91. The molecule has 9 nitrogen and oxygen atoms in total. The maximum absolute atomic E-state index is 5.43. The molecule has 29 heavy (non-hydrogen) atoms. The molecule has 1 aromatic carbocycles. The van der Waals surface area contributed by atoms with E-state index >= 15 is 0 Å². The van der Waals surface area contributed by atoms with Crippen LogP contribution in [-0.4, -0.2) is 65.6 Å². The summed E-state index contributed by atoms with van der Waals surface area (Å²) in [4.78, 5) is 11.6. The number of ether oxygens (including phenoxy) is 1. The Morgan fingerprint density at radius 2 is 1.97 bits per heavy atom. The van der Waals surface area contributed by atoms with Gasteiger partial charge >= 0.3 is 0 Å². The Balaban J connectivity index is 1.34. The van der Waals surface area contributed by atoms with Crippen molar-refractivity contribution in [1.29, 1.82) is 0 Å². The molecule has 0 spiro atoms. The first kappa shape index (κ1) is 18.1. The first-order chi connectivity index (χ1) is 14.3. The summed E-state index contributed by atoms with van der Waals surface area (Å²) in [5.41, 5.74) is 2.88. The number of fused-ring (bicyclic) bond motifs is 1. The van der Waals surface area contributed by atoms with Crippen molar-refractivity contribution in [3.63, 3.8) is 0 Å². The second-order valence-corrected chi connectivity index (χ2v) is 7.49. The molecule has 2 aliphatic heterocycles. The van der Waals surface area contributed by atoms with Crippen LogP contribution in [0.3, 0.4) is 0 Å². The molecule has 0 bridgehead atoms. The molecule has 2 fully saturated rings. The SMILES string of the molecule is c1cc(N2CCOCC2)ccc1Nc1nc(NC2CCCNC2)c2cn[nH]c2n1. The highest BCUT2D eigenvalue weighted by Gasteiger charge is 2.17. The van der Waals surface area contributed by atoms with E-state index in [1.165, 1.54) is 5.69 Å². The molecule has 9 heteroatoms. The molecule has 0 radical (unpaired) electrons. The summed E-state index contributed by atoms with van der Waals surface area (Å²) in [6, 6.07) is 8.72. The predicted octanol–water partition coefficient (Wildman–Crippen LogP) is 2.10. The average molecular weight is 394 g/mol. The monoisotopic (exact) mass is 394 g/mol. The Kier molecular flexibility index (Phi) is 5.14. The number of aromatic nitrogens is 4. The quantitative estimate of drug-likeness (QED) is 0.522. The number of benzene rings is 1. The van der Waals surface area contributed by atoms with Gasteiger partial charge in [0.15, 0.2) is 5.65 Å². The normalized spacial score (nSPS) is 20.0. The average Bonchev–Trinajstić information content (AvgIpc) is 3.25. The number of hydrogen-bond donors (Lipinski definition) is 4. The Labute approximate surface area is 169 Å². The zero-order valence-corrected chi connectivity index (χ0v) is 16.3. The lowest BCUT2D eigenvalue weighted by Gasteiger charge is -2.28.